The highest BCUT2D eigenvalue weighted by Crippen LogP contribution is 2.40. The molecule has 2 aromatic rings. The van der Waals surface area contributed by atoms with Gasteiger partial charge in [-0.3, -0.25) is 14.9 Å². The second kappa shape index (κ2) is 11.5. The zero-order valence-electron chi connectivity index (χ0n) is 20.3. The van der Waals surface area contributed by atoms with Crippen LogP contribution in [0.5, 0.6) is 5.75 Å². The van der Waals surface area contributed by atoms with Gasteiger partial charge >= 0.3 is 5.69 Å². The highest BCUT2D eigenvalue weighted by molar-refractivity contribution is 7.91. The molecule has 1 amide bonds. The first-order chi connectivity index (χ1) is 17.0. The third kappa shape index (κ3) is 6.50. The van der Waals surface area contributed by atoms with Gasteiger partial charge in [-0.05, 0) is 67.0 Å². The van der Waals surface area contributed by atoms with Crippen molar-refractivity contribution in [2.24, 2.45) is 15.4 Å². The number of carbonyl (C=O) groups is 1. The molecule has 1 aliphatic carbocycles. The minimum absolute atomic E-state index is 0.000164. The maximum absolute atomic E-state index is 12.6. The van der Waals surface area contributed by atoms with E-state index >= 15 is 0 Å². The number of benzene rings is 2. The number of fused-ring (bicyclic) bond motifs is 1. The van der Waals surface area contributed by atoms with Crippen LogP contribution in [0.25, 0.3) is 0 Å². The SMILES string of the molecule is C=CC[C@H](C)C[S@](N)(=O)=NC(=O)c1ccc(OC[C@@]2(OC)CCCc3cc(Cl)ccc32)c([N+](=O)[O-])c1. The van der Waals surface area contributed by atoms with Crippen LogP contribution in [0.3, 0.4) is 0 Å². The summed E-state index contributed by atoms with van der Waals surface area (Å²) in [5.74, 6) is -1.01. The molecule has 0 fully saturated rings. The van der Waals surface area contributed by atoms with Crippen LogP contribution < -0.4 is 9.88 Å². The second-order valence-corrected chi connectivity index (χ2v) is 11.3. The zero-order valence-corrected chi connectivity index (χ0v) is 21.8. The molecular weight excluding hydrogens is 506 g/mol. The lowest BCUT2D eigenvalue weighted by atomic mass is 9.79. The van der Waals surface area contributed by atoms with Gasteiger partial charge in [0, 0.05) is 29.5 Å². The van der Waals surface area contributed by atoms with E-state index in [1.54, 1.807) is 19.3 Å². The average molecular weight is 536 g/mol. The van der Waals surface area contributed by atoms with E-state index in [0.717, 1.165) is 30.0 Å². The molecule has 2 N–H and O–H groups in total. The normalized spacial score (nSPS) is 19.4. The van der Waals surface area contributed by atoms with Gasteiger partial charge < -0.3 is 9.47 Å². The number of halogens is 1. The number of rotatable bonds is 10. The van der Waals surface area contributed by atoms with E-state index in [-0.39, 0.29) is 29.6 Å². The van der Waals surface area contributed by atoms with Crippen LogP contribution in [-0.4, -0.2) is 34.5 Å². The van der Waals surface area contributed by atoms with E-state index in [4.69, 9.17) is 26.2 Å². The lowest BCUT2D eigenvalue weighted by Gasteiger charge is -2.37. The summed E-state index contributed by atoms with van der Waals surface area (Å²) in [6.45, 7) is 5.46. The largest absolute Gasteiger partial charge is 0.483 e. The Morgan fingerprint density at radius 3 is 2.81 bits per heavy atom. The minimum atomic E-state index is -3.31. The van der Waals surface area contributed by atoms with E-state index in [2.05, 4.69) is 10.9 Å². The van der Waals surface area contributed by atoms with E-state index in [1.807, 2.05) is 19.1 Å². The monoisotopic (exact) mass is 535 g/mol. The van der Waals surface area contributed by atoms with Crippen molar-refractivity contribution in [2.75, 3.05) is 19.5 Å². The van der Waals surface area contributed by atoms with Crippen molar-refractivity contribution in [1.82, 2.24) is 0 Å². The molecule has 0 radical (unpaired) electrons. The molecule has 2 aromatic carbocycles. The Kier molecular flexibility index (Phi) is 8.89. The molecule has 36 heavy (non-hydrogen) atoms. The number of nitro benzene ring substituents is 1. The molecule has 9 nitrogen and oxygen atoms in total. The highest BCUT2D eigenvalue weighted by Gasteiger charge is 2.38. The summed E-state index contributed by atoms with van der Waals surface area (Å²) in [5, 5.41) is 18.2. The summed E-state index contributed by atoms with van der Waals surface area (Å²) < 4.78 is 28.0. The molecule has 0 aliphatic heterocycles. The molecule has 0 saturated carbocycles. The van der Waals surface area contributed by atoms with E-state index in [0.29, 0.717) is 17.9 Å². The molecule has 0 saturated heterocycles. The Morgan fingerprint density at radius 2 is 2.14 bits per heavy atom. The number of ether oxygens (including phenoxy) is 2. The molecule has 3 rings (SSSR count). The Labute approximate surface area is 216 Å². The smallest absolute Gasteiger partial charge is 0.311 e. The predicted molar refractivity (Wildman–Crippen MR) is 140 cm³/mol. The maximum atomic E-state index is 12.6. The van der Waals surface area contributed by atoms with Crippen LogP contribution in [0.1, 0.15) is 47.7 Å². The Hall–Kier alpha value is -2.79. The second-order valence-electron chi connectivity index (χ2n) is 8.96. The third-order valence-electron chi connectivity index (χ3n) is 6.17. The molecule has 3 atom stereocenters. The molecule has 194 valence electrons. The Morgan fingerprint density at radius 1 is 1.39 bits per heavy atom. The van der Waals surface area contributed by atoms with Crippen LogP contribution in [0.15, 0.2) is 53.4 Å². The van der Waals surface area contributed by atoms with Crippen LogP contribution in [0.2, 0.25) is 5.02 Å². The number of methoxy groups -OCH3 is 1. The van der Waals surface area contributed by atoms with Gasteiger partial charge in [0.05, 0.1) is 4.92 Å². The zero-order chi connectivity index (χ0) is 26.5. The summed E-state index contributed by atoms with van der Waals surface area (Å²) in [5.41, 5.74) is 0.644. The molecule has 0 aromatic heterocycles. The number of nitrogens with zero attached hydrogens (tertiary/aromatic N) is 2. The summed E-state index contributed by atoms with van der Waals surface area (Å²) in [7, 11) is -1.74. The first-order valence-electron chi connectivity index (χ1n) is 11.4. The van der Waals surface area contributed by atoms with Crippen molar-refractivity contribution in [1.29, 1.82) is 0 Å². The number of hydrogen-bond donors (Lipinski definition) is 1. The standard InChI is InChI=1S/C25H30ClN3O6S/c1-4-6-17(2)15-36(27,33)28-24(30)19-8-11-23(22(14-19)29(31)32)35-16-25(34-3)12-5-7-18-13-20(26)9-10-21(18)25/h4,8-11,13-14,17H,1,5-7,12,15-16H2,2-3H3,(H2,27,28,30,33)/t17-,25-,36+/m0/s1. The molecule has 0 spiro atoms. The molecule has 1 aliphatic rings. The van der Waals surface area contributed by atoms with Gasteiger partial charge in [0.1, 0.15) is 22.1 Å². The van der Waals surface area contributed by atoms with Crippen molar-refractivity contribution in [3.63, 3.8) is 0 Å². The quantitative estimate of drug-likeness (QED) is 0.252. The number of nitrogens with two attached hydrogens (primary N) is 1. The van der Waals surface area contributed by atoms with E-state index < -0.39 is 32.0 Å². The third-order valence-corrected chi connectivity index (χ3v) is 7.93. The van der Waals surface area contributed by atoms with Gasteiger partial charge in [0.25, 0.3) is 5.91 Å². The molecule has 0 bridgehead atoms. The summed E-state index contributed by atoms with van der Waals surface area (Å²) in [6.07, 6.45) is 4.58. The molecule has 11 heteroatoms. The Bertz CT molecular complexity index is 1290. The minimum Gasteiger partial charge on any atom is -0.483 e. The summed E-state index contributed by atoms with van der Waals surface area (Å²) in [4.78, 5) is 23.7. The predicted octanol–water partition coefficient (Wildman–Crippen LogP) is 5.20. The fourth-order valence-electron chi connectivity index (χ4n) is 4.43. The van der Waals surface area contributed by atoms with Gasteiger partial charge in [0.2, 0.25) is 0 Å². The van der Waals surface area contributed by atoms with Gasteiger partial charge in [-0.15, -0.1) is 10.9 Å². The number of hydrogen-bond acceptors (Lipinski definition) is 6. The number of carbonyl (C=O) groups excluding carboxylic acids is 1. The number of aryl methyl sites for hydroxylation is 1. The van der Waals surface area contributed by atoms with Gasteiger partial charge in [0.15, 0.2) is 5.75 Å². The van der Waals surface area contributed by atoms with Crippen molar-refractivity contribution in [2.45, 2.75) is 38.2 Å². The van der Waals surface area contributed by atoms with Gasteiger partial charge in [-0.25, -0.2) is 9.35 Å². The molecule has 0 heterocycles. The van der Waals surface area contributed by atoms with Crippen LogP contribution in [0.4, 0.5) is 5.69 Å². The first-order valence-corrected chi connectivity index (χ1v) is 13.6. The fourth-order valence-corrected chi connectivity index (χ4v) is 6.04. The van der Waals surface area contributed by atoms with Crippen molar-refractivity contribution in [3.8, 4) is 5.75 Å². The summed E-state index contributed by atoms with van der Waals surface area (Å²) in [6, 6.07) is 9.28. The topological polar surface area (TPSA) is 134 Å². The summed E-state index contributed by atoms with van der Waals surface area (Å²) >= 11 is 6.15. The van der Waals surface area contributed by atoms with Crippen molar-refractivity contribution >= 4 is 33.1 Å². The van der Waals surface area contributed by atoms with Gasteiger partial charge in [-0.2, -0.15) is 0 Å². The van der Waals surface area contributed by atoms with Crippen LogP contribution in [0, 0.1) is 16.0 Å². The average Bonchev–Trinajstić information content (AvgIpc) is 2.81. The fraction of sp³-hybridized carbons (Fsp3) is 0.400. The maximum Gasteiger partial charge on any atom is 0.311 e. The van der Waals surface area contributed by atoms with Crippen LogP contribution in [-0.2, 0) is 26.7 Å². The number of nitro groups is 1. The Balaban J connectivity index is 1.86. The number of allylic oxidation sites excluding steroid dienone is 1. The molecule has 0 unspecified atom stereocenters. The first kappa shape index (κ1) is 27.8. The number of amides is 1. The van der Waals surface area contributed by atoms with Crippen molar-refractivity contribution < 1.29 is 23.4 Å². The van der Waals surface area contributed by atoms with E-state index in [1.165, 1.54) is 12.1 Å². The molecular formula is C25H30ClN3O6S. The highest BCUT2D eigenvalue weighted by atomic mass is 35.5. The van der Waals surface area contributed by atoms with Gasteiger partial charge in [-0.1, -0.05) is 30.7 Å². The van der Waals surface area contributed by atoms with E-state index in [9.17, 15) is 19.1 Å². The lowest BCUT2D eigenvalue weighted by molar-refractivity contribution is -0.386. The lowest BCUT2D eigenvalue weighted by Crippen LogP contribution is -2.39. The van der Waals surface area contributed by atoms with Crippen molar-refractivity contribution in [3.05, 3.63) is 80.9 Å². The van der Waals surface area contributed by atoms with Crippen LogP contribution >= 0.6 is 11.6 Å².